The molecule has 2 aromatic carbocycles. The Morgan fingerprint density at radius 1 is 1.06 bits per heavy atom. The number of hydrogen-bond acceptors (Lipinski definition) is 6. The van der Waals surface area contributed by atoms with E-state index in [1.807, 2.05) is 18.2 Å². The van der Waals surface area contributed by atoms with E-state index in [9.17, 15) is 9.36 Å². The quantitative estimate of drug-likeness (QED) is 0.208. The van der Waals surface area contributed by atoms with Crippen molar-refractivity contribution in [2.75, 3.05) is 18.5 Å². The lowest BCUT2D eigenvalue weighted by Gasteiger charge is -2.15. The number of carbonyl (C=O) groups excluding carboxylic acids is 1. The monoisotopic (exact) mass is 488 g/mol. The number of furan rings is 1. The fourth-order valence-electron chi connectivity index (χ4n) is 3.28. The van der Waals surface area contributed by atoms with Gasteiger partial charge in [-0.25, -0.2) is 4.57 Å². The van der Waals surface area contributed by atoms with Gasteiger partial charge in [-0.15, -0.1) is 0 Å². The molecule has 0 radical (unpaired) electrons. The van der Waals surface area contributed by atoms with Crippen molar-refractivity contribution < 1.29 is 32.8 Å². The fraction of sp³-hybridized carbons (Fsp3) is 0.292. The van der Waals surface area contributed by atoms with Crippen molar-refractivity contribution >= 4 is 19.4 Å². The summed E-state index contributed by atoms with van der Waals surface area (Å²) in [5.41, 5.74) is 8.07. The van der Waals surface area contributed by atoms with Crippen molar-refractivity contribution in [2.24, 2.45) is 5.73 Å². The van der Waals surface area contributed by atoms with E-state index in [4.69, 9.17) is 24.7 Å². The first-order chi connectivity index (χ1) is 16.3. The average Bonchev–Trinajstić information content (AvgIpc) is 3.35. The first kappa shape index (κ1) is 25.7. The lowest BCUT2D eigenvalue weighted by atomic mass is 10.1. The zero-order chi connectivity index (χ0) is 24.4. The number of phosphoric acid groups is 1. The van der Waals surface area contributed by atoms with Crippen molar-refractivity contribution in [3.63, 3.8) is 0 Å². The second-order valence-corrected chi connectivity index (χ2v) is 8.95. The molecule has 0 aliphatic rings. The molecular formula is C24H29N2O7P. The number of ether oxygens (including phenoxy) is 1. The number of nitrogens with two attached hydrogens (primary N) is 1. The van der Waals surface area contributed by atoms with Gasteiger partial charge in [-0.05, 0) is 61.6 Å². The molecule has 0 saturated heterocycles. The highest BCUT2D eigenvalue weighted by Gasteiger charge is 2.21. The molecular weight excluding hydrogens is 459 g/mol. The molecule has 1 atom stereocenters. The number of aryl methyl sites for hydroxylation is 1. The van der Waals surface area contributed by atoms with Crippen LogP contribution in [-0.4, -0.2) is 34.9 Å². The molecule has 0 fully saturated rings. The predicted molar refractivity (Wildman–Crippen MR) is 128 cm³/mol. The third kappa shape index (κ3) is 8.44. The number of rotatable bonds is 13. The van der Waals surface area contributed by atoms with Gasteiger partial charge in [0.25, 0.3) is 0 Å². The summed E-state index contributed by atoms with van der Waals surface area (Å²) in [6.45, 7) is -0.0780. The summed E-state index contributed by atoms with van der Waals surface area (Å²) in [6.07, 6.45) is 5.60. The molecule has 10 heteroatoms. The van der Waals surface area contributed by atoms with Gasteiger partial charge in [0, 0.05) is 5.69 Å². The summed E-state index contributed by atoms with van der Waals surface area (Å²) in [4.78, 5) is 29.8. The molecule has 3 rings (SSSR count). The number of benzene rings is 2. The minimum atomic E-state index is -4.71. The Kier molecular flexibility index (Phi) is 9.44. The molecule has 3 aromatic rings. The molecule has 9 nitrogen and oxygen atoms in total. The smallest absolute Gasteiger partial charge is 0.469 e. The van der Waals surface area contributed by atoms with Crippen molar-refractivity contribution in [3.05, 3.63) is 72.5 Å². The van der Waals surface area contributed by atoms with Crippen molar-refractivity contribution in [1.82, 2.24) is 0 Å². The van der Waals surface area contributed by atoms with Crippen molar-refractivity contribution in [3.8, 4) is 17.1 Å². The summed E-state index contributed by atoms with van der Waals surface area (Å²) >= 11 is 0. The van der Waals surface area contributed by atoms with Crippen LogP contribution in [0.1, 0.15) is 24.8 Å². The van der Waals surface area contributed by atoms with E-state index in [0.717, 1.165) is 25.7 Å². The number of hydrogen-bond donors (Lipinski definition) is 4. The van der Waals surface area contributed by atoms with Gasteiger partial charge in [-0.2, -0.15) is 0 Å². The van der Waals surface area contributed by atoms with Gasteiger partial charge >= 0.3 is 7.82 Å². The molecule has 5 N–H and O–H groups in total. The van der Waals surface area contributed by atoms with Gasteiger partial charge in [-0.1, -0.05) is 30.3 Å². The highest BCUT2D eigenvalue weighted by Crippen LogP contribution is 2.36. The topological polar surface area (TPSA) is 144 Å². The molecule has 0 spiro atoms. The zero-order valence-corrected chi connectivity index (χ0v) is 19.5. The second kappa shape index (κ2) is 12.5. The van der Waals surface area contributed by atoms with Crippen LogP contribution >= 0.6 is 7.82 Å². The molecule has 0 unspecified atom stereocenters. The maximum Gasteiger partial charge on any atom is 0.469 e. The Labute approximate surface area is 198 Å². The molecule has 0 aliphatic heterocycles. The standard InChI is InChI=1S/C24H29N2O7P/c25-21(17-33-34(28,29)30)24(27)26-19-12-13-23(20(16-19)22-11-7-15-32-22)31-14-6-2-5-10-18-8-3-1-4-9-18/h1,3-4,7-9,11-13,15-16,21H,2,5-6,10,14,17,25H2,(H,26,27)(H2,28,29,30)/t21-/m0/s1. The Morgan fingerprint density at radius 2 is 1.85 bits per heavy atom. The molecule has 0 bridgehead atoms. The summed E-state index contributed by atoms with van der Waals surface area (Å²) in [7, 11) is -4.71. The number of unbranched alkanes of at least 4 members (excludes halogenated alkanes) is 2. The fourth-order valence-corrected chi connectivity index (χ4v) is 3.64. The van der Waals surface area contributed by atoms with Gasteiger partial charge < -0.3 is 30.0 Å². The molecule has 0 saturated carbocycles. The maximum atomic E-state index is 12.3. The first-order valence-corrected chi connectivity index (χ1v) is 12.5. The van der Waals surface area contributed by atoms with Gasteiger partial charge in [0.15, 0.2) is 0 Å². The SMILES string of the molecule is N[C@@H](COP(=O)(O)O)C(=O)Nc1ccc(OCCCCCc2ccccc2)c(-c2ccco2)c1. The van der Waals surface area contributed by atoms with Gasteiger partial charge in [-0.3, -0.25) is 9.32 Å². The molecule has 0 aliphatic carbocycles. The highest BCUT2D eigenvalue weighted by molar-refractivity contribution is 7.46. The number of carbonyl (C=O) groups is 1. The van der Waals surface area contributed by atoms with Crippen LogP contribution in [0.2, 0.25) is 0 Å². The maximum absolute atomic E-state index is 12.3. The third-order valence-corrected chi connectivity index (χ3v) is 5.49. The van der Waals surface area contributed by atoms with Crippen LogP contribution in [0.5, 0.6) is 5.75 Å². The van der Waals surface area contributed by atoms with Crippen LogP contribution in [0, 0.1) is 0 Å². The van der Waals surface area contributed by atoms with Crippen LogP contribution in [0.15, 0.2) is 71.3 Å². The molecule has 34 heavy (non-hydrogen) atoms. The molecule has 182 valence electrons. The number of amides is 1. The molecule has 1 heterocycles. The number of phosphoric ester groups is 1. The normalized spacial score (nSPS) is 12.3. The summed E-state index contributed by atoms with van der Waals surface area (Å²) in [6, 6.07) is 17.7. The van der Waals surface area contributed by atoms with E-state index in [2.05, 4.69) is 22.0 Å². The minimum absolute atomic E-state index is 0.429. The van der Waals surface area contributed by atoms with Gasteiger partial charge in [0.05, 0.1) is 25.0 Å². The Morgan fingerprint density at radius 3 is 2.56 bits per heavy atom. The number of nitrogens with one attached hydrogen (secondary N) is 1. The van der Waals surface area contributed by atoms with Crippen LogP contribution in [0.25, 0.3) is 11.3 Å². The zero-order valence-electron chi connectivity index (χ0n) is 18.6. The molecule has 1 aromatic heterocycles. The lowest BCUT2D eigenvalue weighted by Crippen LogP contribution is -2.39. The Balaban J connectivity index is 1.55. The van der Waals surface area contributed by atoms with E-state index < -0.39 is 26.4 Å². The minimum Gasteiger partial charge on any atom is -0.493 e. The van der Waals surface area contributed by atoms with Gasteiger partial charge in [0.2, 0.25) is 5.91 Å². The van der Waals surface area contributed by atoms with E-state index in [-0.39, 0.29) is 0 Å². The van der Waals surface area contributed by atoms with Crippen LogP contribution in [0.4, 0.5) is 5.69 Å². The predicted octanol–water partition coefficient (Wildman–Crippen LogP) is 4.11. The second-order valence-electron chi connectivity index (χ2n) is 7.72. The lowest BCUT2D eigenvalue weighted by molar-refractivity contribution is -0.118. The van der Waals surface area contributed by atoms with Gasteiger partial charge in [0.1, 0.15) is 17.6 Å². The molecule has 1 amide bonds. The van der Waals surface area contributed by atoms with E-state index in [1.54, 1.807) is 36.6 Å². The van der Waals surface area contributed by atoms with E-state index in [0.29, 0.717) is 29.4 Å². The van der Waals surface area contributed by atoms with Crippen molar-refractivity contribution in [2.45, 2.75) is 31.7 Å². The highest BCUT2D eigenvalue weighted by atomic mass is 31.2. The van der Waals surface area contributed by atoms with Crippen LogP contribution in [0.3, 0.4) is 0 Å². The van der Waals surface area contributed by atoms with E-state index in [1.165, 1.54) is 5.56 Å². The third-order valence-electron chi connectivity index (χ3n) is 5.00. The van der Waals surface area contributed by atoms with Crippen molar-refractivity contribution in [1.29, 1.82) is 0 Å². The van der Waals surface area contributed by atoms with Crippen LogP contribution in [-0.2, 0) is 20.3 Å². The average molecular weight is 488 g/mol. The Hall–Kier alpha value is -2.94. The first-order valence-electron chi connectivity index (χ1n) is 10.9. The summed E-state index contributed by atoms with van der Waals surface area (Å²) in [5.74, 6) is 0.542. The van der Waals surface area contributed by atoms with E-state index >= 15 is 0 Å². The van der Waals surface area contributed by atoms with Crippen LogP contribution < -0.4 is 15.8 Å². The summed E-state index contributed by atoms with van der Waals surface area (Å²) in [5, 5.41) is 2.61. The number of anilines is 1. The largest absolute Gasteiger partial charge is 0.493 e. The summed E-state index contributed by atoms with van der Waals surface area (Å²) < 4.78 is 26.6. The Bertz CT molecular complexity index is 1080.